The highest BCUT2D eigenvalue weighted by molar-refractivity contribution is 7.91. The summed E-state index contributed by atoms with van der Waals surface area (Å²) in [5.74, 6) is -8.77. The zero-order chi connectivity index (χ0) is 42.0. The molecule has 2 N–H and O–H groups in total. The number of halogens is 4. The van der Waals surface area contributed by atoms with Crippen molar-refractivity contribution in [3.05, 3.63) is 36.5 Å². The van der Waals surface area contributed by atoms with Gasteiger partial charge in [0.05, 0.1) is 47.5 Å². The summed E-state index contributed by atoms with van der Waals surface area (Å²) in [4.78, 5) is 65.9. The number of nitrogens with zero attached hydrogens (tertiary/aromatic N) is 3. The maximum atomic E-state index is 16.1. The summed E-state index contributed by atoms with van der Waals surface area (Å²) in [6, 6.07) is -4.26. The monoisotopic (exact) mass is 839 g/mol. The van der Waals surface area contributed by atoms with Gasteiger partial charge in [-0.05, 0) is 56.9 Å². The molecular weight excluding hydrogens is 791 g/mol. The molecule has 14 nitrogen and oxygen atoms in total. The van der Waals surface area contributed by atoms with Gasteiger partial charge in [0.15, 0.2) is 11.5 Å². The Labute approximate surface area is 334 Å². The molecule has 3 aliphatic heterocycles. The molecule has 1 saturated heterocycles. The summed E-state index contributed by atoms with van der Waals surface area (Å²) in [5, 5.41) is 2.64. The Hall–Kier alpha value is -4.13. The molecule has 19 heteroatoms. The van der Waals surface area contributed by atoms with Crippen molar-refractivity contribution in [2.45, 2.75) is 139 Å². The van der Waals surface area contributed by atoms with Crippen molar-refractivity contribution in [3.63, 3.8) is 0 Å². The van der Waals surface area contributed by atoms with Gasteiger partial charge in [0.2, 0.25) is 34.2 Å². The number of aliphatic imine (C=N–C) groups is 2. The van der Waals surface area contributed by atoms with E-state index in [2.05, 4.69) is 15.3 Å². The summed E-state index contributed by atoms with van der Waals surface area (Å²) in [5.41, 5.74) is -3.89. The normalized spacial score (nSPS) is 36.1. The number of hydrogen-bond acceptors (Lipinski definition) is 11. The first-order valence-corrected chi connectivity index (χ1v) is 21.1. The number of rotatable bonds is 7. The molecule has 0 aromatic heterocycles. The van der Waals surface area contributed by atoms with E-state index in [-0.39, 0.29) is 25.9 Å². The zero-order valence-electron chi connectivity index (χ0n) is 32.7. The topological polar surface area (TPSA) is 182 Å². The fraction of sp³-hybridized carbons (Fsp3) is 0.692. The molecule has 7 aliphatic rings. The second-order valence-electron chi connectivity index (χ2n) is 17.7. The van der Waals surface area contributed by atoms with Crippen molar-refractivity contribution in [2.24, 2.45) is 26.7 Å². The van der Waals surface area contributed by atoms with Crippen LogP contribution in [0.2, 0.25) is 0 Å². The van der Waals surface area contributed by atoms with E-state index in [0.29, 0.717) is 25.3 Å². The van der Waals surface area contributed by atoms with E-state index < -0.39 is 141 Å². The average Bonchev–Trinajstić information content (AvgIpc) is 3.97. The second kappa shape index (κ2) is 15.2. The summed E-state index contributed by atoms with van der Waals surface area (Å²) in [6.45, 7) is 5.79. The largest absolute Gasteiger partial charge is 0.471 e. The number of amides is 3. The number of nitrogens with one attached hydrogen (secondary N) is 2. The third kappa shape index (κ3) is 8.21. The third-order valence-corrected chi connectivity index (χ3v) is 14.5. The molecule has 9 atom stereocenters. The van der Waals surface area contributed by atoms with Crippen molar-refractivity contribution in [3.8, 4) is 0 Å². The predicted molar refractivity (Wildman–Crippen MR) is 201 cm³/mol. The van der Waals surface area contributed by atoms with E-state index in [0.717, 1.165) is 11.0 Å². The van der Waals surface area contributed by atoms with Crippen LogP contribution < -0.4 is 10.0 Å². The minimum Gasteiger partial charge on any atom is -0.471 e. The number of ether oxygens (including phenoxy) is 3. The molecule has 3 heterocycles. The van der Waals surface area contributed by atoms with Crippen LogP contribution in [0, 0.1) is 16.7 Å². The number of allylic oxidation sites excluding steroid dienone is 3. The molecule has 2 bridgehead atoms. The summed E-state index contributed by atoms with van der Waals surface area (Å²) in [6.07, 6.45) is 2.18. The first-order chi connectivity index (χ1) is 27.1. The maximum Gasteiger partial charge on any atom is 0.408 e. The number of alkyl halides is 4. The van der Waals surface area contributed by atoms with Crippen LogP contribution in [-0.2, 0) is 38.6 Å². The van der Waals surface area contributed by atoms with Gasteiger partial charge in [0.25, 0.3) is 0 Å². The minimum absolute atomic E-state index is 0.237. The van der Waals surface area contributed by atoms with Crippen LogP contribution in [0.3, 0.4) is 0 Å². The third-order valence-electron chi connectivity index (χ3n) is 12.3. The van der Waals surface area contributed by atoms with E-state index in [1.165, 1.54) is 6.92 Å². The molecule has 2 unspecified atom stereocenters. The molecule has 4 aliphatic carbocycles. The standard InChI is InChI=1S/C39H49F4N5O9S/c1-36(2,3)30-33(50)48-20-21(17-25(48)26(49)19-38(18-22(38)31(40)41)34(51)47-58(53,54)37(4)14-15-37)56-32-29(44-23-9-5-6-10-24(23)45-32)39(42,43)13-8-16-55-27-11-7-12-28(27)57-35(52)46-30/h5-6,8-10,13,21-25,27-28,30-31H,7,11-12,14-20H2,1-4H3,(H,46,52)(H,47,51)/b13-8+/t21-,22+,23?,24?,25+,27-,28-,30-,38-/m1/s1. The highest BCUT2D eigenvalue weighted by atomic mass is 32.2. The molecule has 0 aromatic carbocycles. The van der Waals surface area contributed by atoms with E-state index in [1.54, 1.807) is 45.1 Å². The molecule has 3 amide bonds. The number of ketones is 1. The lowest BCUT2D eigenvalue weighted by atomic mass is 9.85. The van der Waals surface area contributed by atoms with Crippen molar-refractivity contribution in [1.29, 1.82) is 0 Å². The first-order valence-electron chi connectivity index (χ1n) is 19.6. The highest BCUT2D eigenvalue weighted by Gasteiger charge is 2.67. The molecule has 0 radical (unpaired) electrons. The highest BCUT2D eigenvalue weighted by Crippen LogP contribution is 2.59. The summed E-state index contributed by atoms with van der Waals surface area (Å²) in [7, 11) is -4.26. The lowest BCUT2D eigenvalue weighted by Gasteiger charge is -2.35. The quantitative estimate of drug-likeness (QED) is 0.281. The molecule has 0 aromatic rings. The Kier molecular flexibility index (Phi) is 11.0. The Morgan fingerprint density at radius 3 is 2.36 bits per heavy atom. The van der Waals surface area contributed by atoms with Gasteiger partial charge in [-0.2, -0.15) is 8.78 Å². The number of fused-ring (bicyclic) bond motifs is 5. The Balaban J connectivity index is 1.24. The Morgan fingerprint density at radius 2 is 1.72 bits per heavy atom. The zero-order valence-corrected chi connectivity index (χ0v) is 33.5. The molecule has 7 rings (SSSR count). The van der Waals surface area contributed by atoms with Crippen LogP contribution in [0.4, 0.5) is 22.4 Å². The average molecular weight is 840 g/mol. The van der Waals surface area contributed by atoms with Gasteiger partial charge in [0, 0.05) is 18.8 Å². The molecule has 3 saturated carbocycles. The molecule has 318 valence electrons. The smallest absolute Gasteiger partial charge is 0.408 e. The molecule has 58 heavy (non-hydrogen) atoms. The van der Waals surface area contributed by atoms with Gasteiger partial charge >= 0.3 is 12.0 Å². The van der Waals surface area contributed by atoms with Gasteiger partial charge in [-0.3, -0.25) is 24.1 Å². The van der Waals surface area contributed by atoms with E-state index in [1.807, 2.05) is 4.72 Å². The number of carbonyl (C=O) groups is 4. The first kappa shape index (κ1) is 42.0. The van der Waals surface area contributed by atoms with E-state index in [4.69, 9.17) is 14.2 Å². The van der Waals surface area contributed by atoms with Gasteiger partial charge in [-0.15, -0.1) is 0 Å². The van der Waals surface area contributed by atoms with E-state index in [9.17, 15) is 36.4 Å². The Morgan fingerprint density at radius 1 is 1.05 bits per heavy atom. The van der Waals surface area contributed by atoms with Crippen molar-refractivity contribution < 1.29 is 59.4 Å². The lowest BCUT2D eigenvalue weighted by molar-refractivity contribution is -0.142. The molecule has 0 spiro atoms. The van der Waals surface area contributed by atoms with Crippen LogP contribution in [0.15, 0.2) is 46.4 Å². The van der Waals surface area contributed by atoms with Gasteiger partial charge in [-0.25, -0.2) is 27.0 Å². The van der Waals surface area contributed by atoms with Gasteiger partial charge < -0.3 is 24.4 Å². The second-order valence-corrected chi connectivity index (χ2v) is 19.9. The lowest BCUT2D eigenvalue weighted by Crippen LogP contribution is -2.57. The SMILES string of the molecule is CC(C)(C)[C@@H]1NC(=O)O[C@@H]2CCC[C@H]2OC/C=C/C(F)(F)C2=NC3C=CC=CC3N=C2O[C@@H]2C[C@@H](C(=O)C[C@]3(C(=O)NS(=O)(=O)C4(C)CC4)C[C@H]3C(F)F)N(C2)C1=O. The number of alkyl carbamates (subject to hydrolysis) is 1. The van der Waals surface area contributed by atoms with Crippen LogP contribution >= 0.6 is 0 Å². The fourth-order valence-electron chi connectivity index (χ4n) is 8.33. The fourth-order valence-corrected chi connectivity index (χ4v) is 9.67. The van der Waals surface area contributed by atoms with Crippen LogP contribution in [0.25, 0.3) is 0 Å². The van der Waals surface area contributed by atoms with Crippen LogP contribution in [-0.4, -0.2) is 121 Å². The van der Waals surface area contributed by atoms with Gasteiger partial charge in [0.1, 0.15) is 18.2 Å². The van der Waals surface area contributed by atoms with E-state index >= 15 is 8.78 Å². The molecule has 4 fully saturated rings. The molecular formula is C39H49F4N5O9S. The predicted octanol–water partition coefficient (Wildman–Crippen LogP) is 4.20. The summed E-state index contributed by atoms with van der Waals surface area (Å²) < 4.78 is 105. The van der Waals surface area contributed by atoms with Crippen molar-refractivity contribution in [2.75, 3.05) is 13.2 Å². The Bertz CT molecular complexity index is 1980. The maximum absolute atomic E-state index is 16.1. The minimum atomic E-state index is -4.26. The number of carbonyl (C=O) groups excluding carboxylic acids is 4. The number of Topliss-reactive ketones (excluding diaryl/α,β-unsaturated/α-hetero) is 1. The van der Waals surface area contributed by atoms with Crippen LogP contribution in [0.1, 0.15) is 79.1 Å². The van der Waals surface area contributed by atoms with Crippen molar-refractivity contribution >= 4 is 45.3 Å². The number of hydrogen-bond donors (Lipinski definition) is 2. The van der Waals surface area contributed by atoms with Gasteiger partial charge in [-0.1, -0.05) is 51.2 Å². The summed E-state index contributed by atoms with van der Waals surface area (Å²) >= 11 is 0. The van der Waals surface area contributed by atoms with Crippen molar-refractivity contribution in [1.82, 2.24) is 14.9 Å². The van der Waals surface area contributed by atoms with Crippen LogP contribution in [0.5, 0.6) is 0 Å². The number of sulfonamides is 1.